The fraction of sp³-hybridized carbons (Fsp3) is 0.357. The zero-order chi connectivity index (χ0) is 15.6. The van der Waals surface area contributed by atoms with E-state index in [1.54, 1.807) is 45.0 Å². The Bertz CT molecular complexity index is 739. The minimum atomic E-state index is -0.615. The van der Waals surface area contributed by atoms with E-state index in [0.717, 1.165) is 5.39 Å². The van der Waals surface area contributed by atoms with Gasteiger partial charge in [-0.05, 0) is 50.6 Å². The molecule has 0 saturated heterocycles. The molecule has 1 aromatic carbocycles. The second kappa shape index (κ2) is 5.68. The van der Waals surface area contributed by atoms with Crippen molar-refractivity contribution in [2.24, 2.45) is 5.11 Å². The van der Waals surface area contributed by atoms with Gasteiger partial charge in [0.05, 0.1) is 12.1 Å². The Labute approximate surface area is 126 Å². The molecule has 7 heteroatoms. The van der Waals surface area contributed by atoms with Gasteiger partial charge in [-0.15, -0.1) is 0 Å². The minimum Gasteiger partial charge on any atom is -0.443 e. The van der Waals surface area contributed by atoms with E-state index in [1.807, 2.05) is 0 Å². The number of ether oxygens (including phenoxy) is 1. The van der Waals surface area contributed by atoms with Gasteiger partial charge in [-0.25, -0.2) is 9.36 Å². The lowest BCUT2D eigenvalue weighted by atomic mass is 10.2. The lowest BCUT2D eigenvalue weighted by Crippen LogP contribution is -2.27. The number of rotatable bonds is 2. The molecule has 0 bridgehead atoms. The number of halogens is 1. The number of hydrogen-bond acceptors (Lipinski definition) is 3. The van der Waals surface area contributed by atoms with Gasteiger partial charge < -0.3 is 4.74 Å². The molecule has 0 saturated carbocycles. The van der Waals surface area contributed by atoms with Crippen LogP contribution in [0.25, 0.3) is 21.3 Å². The molecule has 2 rings (SSSR count). The van der Waals surface area contributed by atoms with E-state index >= 15 is 0 Å². The van der Waals surface area contributed by atoms with Gasteiger partial charge in [-0.1, -0.05) is 16.7 Å². The van der Waals surface area contributed by atoms with Gasteiger partial charge in [0.2, 0.25) is 0 Å². The monoisotopic (exact) mass is 306 g/mol. The maximum absolute atomic E-state index is 12.4. The summed E-state index contributed by atoms with van der Waals surface area (Å²) in [5.41, 5.74) is 9.08. The predicted molar refractivity (Wildman–Crippen MR) is 81.4 cm³/mol. The zero-order valence-electron chi connectivity index (χ0n) is 12.0. The molecule has 0 unspecified atom stereocenters. The van der Waals surface area contributed by atoms with Crippen molar-refractivity contribution in [1.29, 1.82) is 0 Å². The van der Waals surface area contributed by atoms with Crippen molar-refractivity contribution in [3.63, 3.8) is 0 Å². The Balaban J connectivity index is 2.57. The van der Waals surface area contributed by atoms with Crippen LogP contribution < -0.4 is 0 Å². The summed E-state index contributed by atoms with van der Waals surface area (Å²) < 4.78 is 6.81. The Hall–Kier alpha value is -2.17. The van der Waals surface area contributed by atoms with Gasteiger partial charge >= 0.3 is 6.09 Å². The normalized spacial score (nSPS) is 11.2. The molecule has 0 aliphatic heterocycles. The quantitative estimate of drug-likeness (QED) is 0.450. The third kappa shape index (κ3) is 3.48. The predicted octanol–water partition coefficient (Wildman–Crippen LogP) is 4.89. The van der Waals surface area contributed by atoms with Crippen LogP contribution in [-0.4, -0.2) is 16.3 Å². The molecule has 0 N–H and O–H groups in total. The zero-order valence-corrected chi connectivity index (χ0v) is 12.8. The lowest BCUT2D eigenvalue weighted by Gasteiger charge is -2.20. The molecule has 0 aliphatic carbocycles. The molecule has 21 heavy (non-hydrogen) atoms. The van der Waals surface area contributed by atoms with Crippen LogP contribution in [0, 0.1) is 0 Å². The summed E-state index contributed by atoms with van der Waals surface area (Å²) >= 11 is 5.96. The number of hydrogen-bond donors (Lipinski definition) is 0. The first kappa shape index (κ1) is 15.2. The van der Waals surface area contributed by atoms with Gasteiger partial charge in [-0.3, -0.25) is 0 Å². The van der Waals surface area contributed by atoms with Crippen LogP contribution in [0.3, 0.4) is 0 Å². The van der Waals surface area contributed by atoms with Crippen LogP contribution in [0.4, 0.5) is 4.79 Å². The van der Waals surface area contributed by atoms with Gasteiger partial charge in [0.1, 0.15) is 5.60 Å². The van der Waals surface area contributed by atoms with Crippen molar-refractivity contribution in [3.05, 3.63) is 45.4 Å². The smallest absolute Gasteiger partial charge is 0.419 e. The second-order valence-corrected chi connectivity index (χ2v) is 5.98. The molecular weight excluding hydrogens is 292 g/mol. The van der Waals surface area contributed by atoms with Gasteiger partial charge in [0, 0.05) is 21.0 Å². The van der Waals surface area contributed by atoms with Crippen LogP contribution in [0.15, 0.2) is 29.4 Å². The number of nitrogens with zero attached hydrogens (tertiary/aromatic N) is 4. The van der Waals surface area contributed by atoms with Crippen molar-refractivity contribution in [1.82, 2.24) is 4.57 Å². The Kier molecular flexibility index (Phi) is 4.11. The van der Waals surface area contributed by atoms with Gasteiger partial charge in [0.25, 0.3) is 0 Å². The Morgan fingerprint density at radius 3 is 2.76 bits per heavy atom. The average molecular weight is 307 g/mol. The van der Waals surface area contributed by atoms with Crippen LogP contribution in [0.1, 0.15) is 26.5 Å². The third-order valence-corrected chi connectivity index (χ3v) is 2.95. The largest absolute Gasteiger partial charge is 0.443 e. The fourth-order valence-corrected chi connectivity index (χ4v) is 2.17. The maximum atomic E-state index is 12.4. The van der Waals surface area contributed by atoms with E-state index < -0.39 is 11.7 Å². The van der Waals surface area contributed by atoms with E-state index in [0.29, 0.717) is 16.2 Å². The summed E-state index contributed by atoms with van der Waals surface area (Å²) in [7, 11) is 0. The highest BCUT2D eigenvalue weighted by Gasteiger charge is 2.21. The van der Waals surface area contributed by atoms with E-state index in [4.69, 9.17) is 21.9 Å². The maximum Gasteiger partial charge on any atom is 0.419 e. The SMILES string of the molecule is CC(C)(C)OC(=O)n1c(CN=[N+]=[N-])cc2cc(Cl)ccc21. The van der Waals surface area contributed by atoms with Crippen molar-refractivity contribution < 1.29 is 9.53 Å². The molecule has 0 fully saturated rings. The molecule has 110 valence electrons. The minimum absolute atomic E-state index is 0.0576. The van der Waals surface area contributed by atoms with E-state index in [-0.39, 0.29) is 6.54 Å². The van der Waals surface area contributed by atoms with Crippen LogP contribution >= 0.6 is 11.6 Å². The molecule has 6 nitrogen and oxygen atoms in total. The number of fused-ring (bicyclic) bond motifs is 1. The van der Waals surface area contributed by atoms with E-state index in [9.17, 15) is 4.79 Å². The van der Waals surface area contributed by atoms with Crippen molar-refractivity contribution in [2.45, 2.75) is 32.9 Å². The first-order valence-electron chi connectivity index (χ1n) is 6.36. The van der Waals surface area contributed by atoms with Crippen LogP contribution in [0.5, 0.6) is 0 Å². The molecule has 0 spiro atoms. The Morgan fingerprint density at radius 2 is 2.14 bits per heavy atom. The summed E-state index contributed by atoms with van der Waals surface area (Å²) in [5.74, 6) is 0. The molecule has 1 heterocycles. The molecule has 0 amide bonds. The molecule has 2 aromatic rings. The van der Waals surface area contributed by atoms with Crippen LogP contribution in [-0.2, 0) is 11.3 Å². The number of carbonyl (C=O) groups is 1. The summed E-state index contributed by atoms with van der Waals surface area (Å²) in [5, 5.41) is 4.88. The van der Waals surface area contributed by atoms with E-state index in [1.165, 1.54) is 4.57 Å². The van der Waals surface area contributed by atoms with Gasteiger partial charge in [-0.2, -0.15) is 0 Å². The molecule has 1 aromatic heterocycles. The van der Waals surface area contributed by atoms with Crippen molar-refractivity contribution in [3.8, 4) is 0 Å². The van der Waals surface area contributed by atoms with Gasteiger partial charge in [0.15, 0.2) is 0 Å². The first-order valence-corrected chi connectivity index (χ1v) is 6.74. The first-order chi connectivity index (χ1) is 9.81. The molecule has 0 atom stereocenters. The average Bonchev–Trinajstić information content (AvgIpc) is 2.71. The third-order valence-electron chi connectivity index (χ3n) is 2.71. The summed E-state index contributed by atoms with van der Waals surface area (Å²) in [6.45, 7) is 5.43. The fourth-order valence-electron chi connectivity index (χ4n) is 1.99. The van der Waals surface area contributed by atoms with Crippen LogP contribution in [0.2, 0.25) is 5.02 Å². The highest BCUT2D eigenvalue weighted by molar-refractivity contribution is 6.31. The Morgan fingerprint density at radius 1 is 1.43 bits per heavy atom. The standard InChI is InChI=1S/C14H15ClN4O2/c1-14(2,3)21-13(20)19-11(8-17-18-16)7-9-6-10(15)4-5-12(9)19/h4-7H,8H2,1-3H3. The second-order valence-electron chi connectivity index (χ2n) is 5.54. The molecule has 0 radical (unpaired) electrons. The number of benzene rings is 1. The van der Waals surface area contributed by atoms with Crippen molar-refractivity contribution in [2.75, 3.05) is 0 Å². The molecule has 0 aliphatic rings. The summed E-state index contributed by atoms with van der Waals surface area (Å²) in [6, 6.07) is 6.94. The van der Waals surface area contributed by atoms with Crippen molar-refractivity contribution >= 4 is 28.6 Å². The number of carbonyl (C=O) groups excluding carboxylic acids is 1. The van der Waals surface area contributed by atoms with E-state index in [2.05, 4.69) is 10.0 Å². The summed E-state index contributed by atoms with van der Waals surface area (Å²) in [4.78, 5) is 15.1. The number of azide groups is 1. The number of aromatic nitrogens is 1. The lowest BCUT2D eigenvalue weighted by molar-refractivity contribution is 0.0540. The highest BCUT2D eigenvalue weighted by Crippen LogP contribution is 2.25. The summed E-state index contributed by atoms with van der Waals surface area (Å²) in [6.07, 6.45) is -0.511. The topological polar surface area (TPSA) is 80.0 Å². The molecular formula is C14H15ClN4O2. The highest BCUT2D eigenvalue weighted by atomic mass is 35.5.